The van der Waals surface area contributed by atoms with Gasteiger partial charge in [0.2, 0.25) is 15.9 Å². The zero-order chi connectivity index (χ0) is 19.6. The van der Waals surface area contributed by atoms with Crippen LogP contribution in [0.1, 0.15) is 32.1 Å². The van der Waals surface area contributed by atoms with Crippen LogP contribution < -0.4 is 10.0 Å². The summed E-state index contributed by atoms with van der Waals surface area (Å²) in [6.45, 7) is -0.0496. The average molecular weight is 433 g/mol. The van der Waals surface area contributed by atoms with Crippen LogP contribution in [0.2, 0.25) is 0 Å². The number of rotatable bonds is 7. The van der Waals surface area contributed by atoms with Crippen LogP contribution in [-0.4, -0.2) is 55.9 Å². The van der Waals surface area contributed by atoms with Crippen molar-refractivity contribution in [3.05, 3.63) is 34.4 Å². The fourth-order valence-corrected chi connectivity index (χ4v) is 4.93. The van der Waals surface area contributed by atoms with E-state index < -0.39 is 14.9 Å². The van der Waals surface area contributed by atoms with E-state index in [9.17, 15) is 23.3 Å². The summed E-state index contributed by atoms with van der Waals surface area (Å²) in [4.78, 5) is 24.1. The number of carbonyl (C=O) groups excluding carboxylic acids is 1. The largest absolute Gasteiger partial charge is 0.343 e. The number of sulfonamides is 1. The molecule has 11 heteroatoms. The Morgan fingerprint density at radius 3 is 2.57 bits per heavy atom. The van der Waals surface area contributed by atoms with E-state index in [1.54, 1.807) is 11.9 Å². The number of halogens is 1. The van der Waals surface area contributed by atoms with Gasteiger partial charge < -0.3 is 10.2 Å². The number of fused-ring (bicyclic) bond motifs is 2. The molecule has 0 aliphatic carbocycles. The van der Waals surface area contributed by atoms with Crippen LogP contribution in [0.3, 0.4) is 0 Å². The second-order valence-electron chi connectivity index (χ2n) is 7.17. The maximum absolute atomic E-state index is 12.4. The SMILES string of the molecule is CN(C(=O)CCNS(=O)(=O)c1cccc([N+](=O)[O-])c1)C1CC2CCC(C1)N2.Cl. The fourth-order valence-electron chi connectivity index (χ4n) is 3.86. The summed E-state index contributed by atoms with van der Waals surface area (Å²) in [5.41, 5.74) is -0.297. The molecule has 2 saturated heterocycles. The van der Waals surface area contributed by atoms with Crippen molar-refractivity contribution in [2.45, 2.75) is 55.1 Å². The zero-order valence-corrected chi connectivity index (χ0v) is 17.2. The topological polar surface area (TPSA) is 122 Å². The molecule has 0 aromatic heterocycles. The quantitative estimate of drug-likeness (QED) is 0.496. The minimum Gasteiger partial charge on any atom is -0.343 e. The summed E-state index contributed by atoms with van der Waals surface area (Å²) in [5, 5.41) is 14.3. The van der Waals surface area contributed by atoms with E-state index >= 15 is 0 Å². The summed E-state index contributed by atoms with van der Waals surface area (Å²) in [6.07, 6.45) is 4.19. The van der Waals surface area contributed by atoms with E-state index in [4.69, 9.17) is 0 Å². The number of benzene rings is 1. The molecule has 3 rings (SSSR count). The van der Waals surface area contributed by atoms with Crippen molar-refractivity contribution in [2.75, 3.05) is 13.6 Å². The highest BCUT2D eigenvalue weighted by Gasteiger charge is 2.36. The number of carbonyl (C=O) groups is 1. The van der Waals surface area contributed by atoms with E-state index in [1.807, 2.05) is 0 Å². The van der Waals surface area contributed by atoms with Crippen molar-refractivity contribution in [3.63, 3.8) is 0 Å². The molecule has 1 aromatic rings. The van der Waals surface area contributed by atoms with Gasteiger partial charge in [-0.2, -0.15) is 0 Å². The van der Waals surface area contributed by atoms with Crippen molar-refractivity contribution >= 4 is 34.0 Å². The first-order valence-corrected chi connectivity index (χ1v) is 10.5. The average Bonchev–Trinajstić information content (AvgIpc) is 2.98. The van der Waals surface area contributed by atoms with Crippen molar-refractivity contribution in [1.82, 2.24) is 14.9 Å². The molecule has 2 aliphatic heterocycles. The second-order valence-corrected chi connectivity index (χ2v) is 8.94. The number of non-ortho nitro benzene ring substituents is 1. The standard InChI is InChI=1S/C17H24N4O5S.ClH/c1-20(15-9-12-5-6-13(10-15)19-12)17(22)7-8-18-27(25,26)16-4-2-3-14(11-16)21(23)24;/h2-4,11-13,15,18-19H,5-10H2,1H3;1H. The minimum absolute atomic E-state index is 0. The molecule has 1 aromatic carbocycles. The molecule has 2 unspecified atom stereocenters. The van der Waals surface area contributed by atoms with Gasteiger partial charge in [0.1, 0.15) is 0 Å². The summed E-state index contributed by atoms with van der Waals surface area (Å²) in [6, 6.07) is 5.95. The fraction of sp³-hybridized carbons (Fsp3) is 0.588. The number of piperidine rings is 1. The van der Waals surface area contributed by atoms with E-state index in [2.05, 4.69) is 10.0 Å². The molecule has 2 atom stereocenters. The van der Waals surface area contributed by atoms with Crippen LogP contribution in [0.25, 0.3) is 0 Å². The molecule has 0 radical (unpaired) electrons. The van der Waals surface area contributed by atoms with Gasteiger partial charge in [-0.05, 0) is 31.7 Å². The van der Waals surface area contributed by atoms with Gasteiger partial charge in [0.15, 0.2) is 0 Å². The Labute approximate surface area is 170 Å². The highest BCUT2D eigenvalue weighted by Crippen LogP contribution is 2.29. The number of nitro groups is 1. The Morgan fingerprint density at radius 2 is 1.96 bits per heavy atom. The van der Waals surface area contributed by atoms with Crippen LogP contribution in [0, 0.1) is 10.1 Å². The Kier molecular flexibility index (Phi) is 7.38. The predicted octanol–water partition coefficient (Wildman–Crippen LogP) is 1.43. The highest BCUT2D eigenvalue weighted by atomic mass is 35.5. The van der Waals surface area contributed by atoms with Gasteiger partial charge in [-0.1, -0.05) is 6.07 Å². The molecule has 2 fully saturated rings. The third kappa shape index (κ3) is 5.19. The molecule has 2 bridgehead atoms. The molecule has 2 N–H and O–H groups in total. The highest BCUT2D eigenvalue weighted by molar-refractivity contribution is 7.89. The minimum atomic E-state index is -3.91. The maximum atomic E-state index is 12.4. The first-order valence-electron chi connectivity index (χ1n) is 9.02. The smallest absolute Gasteiger partial charge is 0.270 e. The lowest BCUT2D eigenvalue weighted by Gasteiger charge is -2.35. The van der Waals surface area contributed by atoms with Crippen LogP contribution in [0.15, 0.2) is 29.2 Å². The number of amides is 1. The van der Waals surface area contributed by atoms with Gasteiger partial charge in [0.05, 0.1) is 9.82 Å². The molecular formula is C17H25ClN4O5S. The van der Waals surface area contributed by atoms with Crippen LogP contribution in [0.5, 0.6) is 0 Å². The van der Waals surface area contributed by atoms with Crippen LogP contribution in [-0.2, 0) is 14.8 Å². The predicted molar refractivity (Wildman–Crippen MR) is 106 cm³/mol. The normalized spacial score (nSPS) is 23.7. The molecule has 9 nitrogen and oxygen atoms in total. The Balaban J connectivity index is 0.00000280. The Morgan fingerprint density at radius 1 is 1.32 bits per heavy atom. The first kappa shape index (κ1) is 22.5. The number of hydrogen-bond donors (Lipinski definition) is 2. The van der Waals surface area contributed by atoms with Gasteiger partial charge in [0.25, 0.3) is 5.69 Å². The second kappa shape index (κ2) is 9.17. The van der Waals surface area contributed by atoms with Gasteiger partial charge in [-0.15, -0.1) is 12.4 Å². The molecule has 2 aliphatic rings. The van der Waals surface area contributed by atoms with Gasteiger partial charge in [-0.25, -0.2) is 13.1 Å². The van der Waals surface area contributed by atoms with E-state index in [1.165, 1.54) is 18.2 Å². The molecule has 28 heavy (non-hydrogen) atoms. The molecular weight excluding hydrogens is 408 g/mol. The van der Waals surface area contributed by atoms with Gasteiger partial charge in [0, 0.05) is 50.3 Å². The first-order chi connectivity index (χ1) is 12.8. The Bertz CT molecular complexity index is 823. The number of hydrogen-bond acceptors (Lipinski definition) is 6. The van der Waals surface area contributed by atoms with E-state index in [0.717, 1.165) is 31.7 Å². The molecule has 0 saturated carbocycles. The van der Waals surface area contributed by atoms with Gasteiger partial charge in [-0.3, -0.25) is 14.9 Å². The van der Waals surface area contributed by atoms with Crippen molar-refractivity contribution in [1.29, 1.82) is 0 Å². The number of nitrogens with one attached hydrogen (secondary N) is 2. The summed E-state index contributed by atoms with van der Waals surface area (Å²) in [5.74, 6) is -0.108. The van der Waals surface area contributed by atoms with Crippen LogP contribution >= 0.6 is 12.4 Å². The zero-order valence-electron chi connectivity index (χ0n) is 15.5. The third-order valence-electron chi connectivity index (χ3n) is 5.36. The van der Waals surface area contributed by atoms with Crippen molar-refractivity contribution in [3.8, 4) is 0 Å². The number of nitro benzene ring substituents is 1. The maximum Gasteiger partial charge on any atom is 0.270 e. The van der Waals surface area contributed by atoms with E-state index in [-0.39, 0.29) is 47.9 Å². The molecule has 2 heterocycles. The summed E-state index contributed by atoms with van der Waals surface area (Å²) in [7, 11) is -2.13. The summed E-state index contributed by atoms with van der Waals surface area (Å²) < 4.78 is 26.9. The molecule has 156 valence electrons. The van der Waals surface area contributed by atoms with Crippen molar-refractivity contribution < 1.29 is 18.1 Å². The van der Waals surface area contributed by atoms with Gasteiger partial charge >= 0.3 is 0 Å². The van der Waals surface area contributed by atoms with Crippen LogP contribution in [0.4, 0.5) is 5.69 Å². The van der Waals surface area contributed by atoms with E-state index in [0.29, 0.717) is 12.1 Å². The lowest BCUT2D eigenvalue weighted by Crippen LogP contribution is -2.49. The molecule has 0 spiro atoms. The monoisotopic (exact) mass is 432 g/mol. The lowest BCUT2D eigenvalue weighted by atomic mass is 9.98. The number of nitrogens with zero attached hydrogens (tertiary/aromatic N) is 2. The lowest BCUT2D eigenvalue weighted by molar-refractivity contribution is -0.385. The Hall–Kier alpha value is -1.75. The van der Waals surface area contributed by atoms with Crippen molar-refractivity contribution in [2.24, 2.45) is 0 Å². The molecule has 1 amide bonds. The third-order valence-corrected chi connectivity index (χ3v) is 6.82. The summed E-state index contributed by atoms with van der Waals surface area (Å²) >= 11 is 0.